The maximum Gasteiger partial charge on any atom is 0.319 e. The molecule has 0 unspecified atom stereocenters. The van der Waals surface area contributed by atoms with Gasteiger partial charge in [0.15, 0.2) is 17.5 Å². The van der Waals surface area contributed by atoms with Crippen LogP contribution in [0.4, 0.5) is 32.2 Å². The first kappa shape index (κ1) is 30.0. The van der Waals surface area contributed by atoms with Crippen molar-refractivity contribution >= 4 is 27.5 Å². The van der Waals surface area contributed by atoms with Gasteiger partial charge in [-0.1, -0.05) is 24.1 Å². The van der Waals surface area contributed by atoms with E-state index in [1.807, 2.05) is 4.90 Å². The standard InChI is InChI=1S/C34H27F6N5O2/c1-2-19-24-17(11-23(35)25(19)36)5-3-6-20(24)28-27(38)29-21(13-41-28)32(45-9-10-46-15-22-26(37)30(22)45)43-33(42-29)47-16-34-7-4-8-44(34)14-18(12-34)31(39)40/h1,3,5-6,11,13,22,26,30H,4,7-10,12,14-16H2/t22-,26-,30-,34-/m0/s1. The molecule has 1 saturated carbocycles. The van der Waals surface area contributed by atoms with Gasteiger partial charge in [0.05, 0.1) is 35.7 Å². The highest BCUT2D eigenvalue weighted by Crippen LogP contribution is 2.46. The molecule has 7 nitrogen and oxygen atoms in total. The summed E-state index contributed by atoms with van der Waals surface area (Å²) < 4.78 is 99.6. The van der Waals surface area contributed by atoms with E-state index in [0.717, 1.165) is 12.5 Å². The summed E-state index contributed by atoms with van der Waals surface area (Å²) in [5.41, 5.74) is -1.31. The van der Waals surface area contributed by atoms with Gasteiger partial charge in [-0.05, 0) is 37.3 Å². The number of hydrogen-bond acceptors (Lipinski definition) is 7. The first-order valence-electron chi connectivity index (χ1n) is 15.3. The minimum Gasteiger partial charge on any atom is -0.461 e. The highest BCUT2D eigenvalue weighted by atomic mass is 19.3. The smallest absolute Gasteiger partial charge is 0.319 e. The molecule has 0 spiro atoms. The predicted molar refractivity (Wildman–Crippen MR) is 161 cm³/mol. The van der Waals surface area contributed by atoms with Gasteiger partial charge in [0, 0.05) is 41.7 Å². The largest absolute Gasteiger partial charge is 0.461 e. The van der Waals surface area contributed by atoms with E-state index >= 15 is 4.39 Å². The van der Waals surface area contributed by atoms with Crippen LogP contribution in [0, 0.1) is 35.7 Å². The first-order chi connectivity index (χ1) is 22.7. The molecule has 0 N–H and O–H groups in total. The van der Waals surface area contributed by atoms with E-state index in [0.29, 0.717) is 13.0 Å². The number of terminal acetylenes is 1. The fourth-order valence-corrected chi connectivity index (χ4v) is 7.58. The van der Waals surface area contributed by atoms with Gasteiger partial charge in [0.2, 0.25) is 0 Å². The number of fused-ring (bicyclic) bond motifs is 4. The monoisotopic (exact) mass is 651 g/mol. The van der Waals surface area contributed by atoms with E-state index in [9.17, 15) is 22.0 Å². The van der Waals surface area contributed by atoms with Crippen LogP contribution in [0.25, 0.3) is 32.9 Å². The van der Waals surface area contributed by atoms with Gasteiger partial charge in [-0.15, -0.1) is 6.42 Å². The first-order valence-corrected chi connectivity index (χ1v) is 15.3. The molecule has 47 heavy (non-hydrogen) atoms. The van der Waals surface area contributed by atoms with E-state index < -0.39 is 41.3 Å². The Labute approximate surface area is 265 Å². The third-order valence-electron chi connectivity index (χ3n) is 9.96. The Morgan fingerprint density at radius 3 is 2.81 bits per heavy atom. The average molecular weight is 652 g/mol. The van der Waals surface area contributed by atoms with Crippen molar-refractivity contribution in [3.63, 3.8) is 0 Å². The lowest BCUT2D eigenvalue weighted by Gasteiger charge is -2.31. The van der Waals surface area contributed by atoms with Crippen LogP contribution in [0.3, 0.4) is 0 Å². The summed E-state index contributed by atoms with van der Waals surface area (Å²) in [5.74, 6) is -1.30. The van der Waals surface area contributed by atoms with Crippen LogP contribution in [0.1, 0.15) is 24.8 Å². The van der Waals surface area contributed by atoms with Gasteiger partial charge in [-0.2, -0.15) is 18.7 Å². The molecule has 4 aromatic rings. The van der Waals surface area contributed by atoms with Crippen molar-refractivity contribution in [2.24, 2.45) is 5.92 Å². The number of halogens is 6. The van der Waals surface area contributed by atoms with Crippen molar-refractivity contribution in [1.82, 2.24) is 19.9 Å². The molecule has 13 heteroatoms. The van der Waals surface area contributed by atoms with Crippen LogP contribution in [-0.4, -0.2) is 77.1 Å². The van der Waals surface area contributed by atoms with Gasteiger partial charge >= 0.3 is 6.01 Å². The second-order valence-electron chi connectivity index (χ2n) is 12.6. The van der Waals surface area contributed by atoms with Crippen molar-refractivity contribution in [3.05, 3.63) is 65.1 Å². The van der Waals surface area contributed by atoms with E-state index in [1.165, 1.54) is 18.3 Å². The lowest BCUT2D eigenvalue weighted by atomic mass is 9.94. The number of benzene rings is 2. The van der Waals surface area contributed by atoms with Crippen LogP contribution in [0.5, 0.6) is 6.01 Å². The Morgan fingerprint density at radius 2 is 2.00 bits per heavy atom. The van der Waals surface area contributed by atoms with E-state index in [-0.39, 0.29) is 101 Å². The number of nitrogens with zero attached hydrogens (tertiary/aromatic N) is 5. The SMILES string of the molecule is C#Cc1c(F)c(F)cc2cccc(-c3ncc4c(N5CCOC[C@H]6[C@H](F)[C@H]65)nc(OC[C@@]56CCCN5CC(=C(F)F)C6)nc4c3F)c12. The molecule has 2 aromatic heterocycles. The lowest BCUT2D eigenvalue weighted by molar-refractivity contribution is 0.108. The van der Waals surface area contributed by atoms with Crippen molar-refractivity contribution in [3.8, 4) is 29.6 Å². The Kier molecular flexibility index (Phi) is 7.07. The summed E-state index contributed by atoms with van der Waals surface area (Å²) in [5, 5.41) is 0.525. The molecule has 2 aromatic carbocycles. The van der Waals surface area contributed by atoms with Crippen molar-refractivity contribution in [2.45, 2.75) is 37.0 Å². The maximum absolute atomic E-state index is 16.7. The van der Waals surface area contributed by atoms with Crippen LogP contribution >= 0.6 is 0 Å². The molecule has 4 fully saturated rings. The molecule has 0 radical (unpaired) electrons. The minimum absolute atomic E-state index is 0.0190. The molecule has 3 saturated heterocycles. The Bertz CT molecular complexity index is 2030. The highest BCUT2D eigenvalue weighted by Gasteiger charge is 2.56. The van der Waals surface area contributed by atoms with E-state index in [1.54, 1.807) is 11.0 Å². The highest BCUT2D eigenvalue weighted by molar-refractivity contribution is 6.02. The van der Waals surface area contributed by atoms with Gasteiger partial charge in [0.1, 0.15) is 29.8 Å². The predicted octanol–water partition coefficient (Wildman–Crippen LogP) is 6.18. The molecule has 5 heterocycles. The number of hydrogen-bond donors (Lipinski definition) is 0. The third kappa shape index (κ3) is 4.71. The molecular formula is C34H27F6N5O2. The summed E-state index contributed by atoms with van der Waals surface area (Å²) in [6, 6.07) is 4.78. The second-order valence-corrected chi connectivity index (χ2v) is 12.6. The zero-order valence-corrected chi connectivity index (χ0v) is 24.9. The third-order valence-corrected chi connectivity index (χ3v) is 9.96. The zero-order valence-electron chi connectivity index (χ0n) is 24.9. The Morgan fingerprint density at radius 1 is 1.15 bits per heavy atom. The van der Waals surface area contributed by atoms with Crippen molar-refractivity contribution < 1.29 is 35.8 Å². The fraction of sp³-hybridized carbons (Fsp3) is 0.382. The molecule has 1 aliphatic carbocycles. The van der Waals surface area contributed by atoms with Crippen LogP contribution < -0.4 is 9.64 Å². The number of pyridine rings is 1. The van der Waals surface area contributed by atoms with Gasteiger partial charge in [-0.25, -0.2) is 17.6 Å². The Balaban J connectivity index is 1.27. The van der Waals surface area contributed by atoms with Crippen molar-refractivity contribution in [1.29, 1.82) is 0 Å². The molecule has 4 aliphatic rings. The summed E-state index contributed by atoms with van der Waals surface area (Å²) in [4.78, 5) is 17.1. The van der Waals surface area contributed by atoms with Crippen LogP contribution in [0.15, 0.2) is 42.1 Å². The van der Waals surface area contributed by atoms with Crippen molar-refractivity contribution in [2.75, 3.05) is 44.4 Å². The molecule has 242 valence electrons. The normalized spacial score (nSPS) is 25.5. The minimum atomic E-state index is -1.70. The topological polar surface area (TPSA) is 63.6 Å². The summed E-state index contributed by atoms with van der Waals surface area (Å²) in [6.45, 7) is 1.54. The summed E-state index contributed by atoms with van der Waals surface area (Å²) >= 11 is 0. The van der Waals surface area contributed by atoms with Crippen LogP contribution in [0.2, 0.25) is 0 Å². The number of aromatic nitrogens is 3. The number of rotatable bonds is 5. The number of alkyl halides is 1. The zero-order chi connectivity index (χ0) is 32.6. The lowest BCUT2D eigenvalue weighted by Crippen LogP contribution is -2.43. The average Bonchev–Trinajstić information content (AvgIpc) is 3.40. The van der Waals surface area contributed by atoms with Gasteiger partial charge in [0.25, 0.3) is 6.08 Å². The second kappa shape index (κ2) is 11.1. The number of anilines is 1. The fourth-order valence-electron chi connectivity index (χ4n) is 7.58. The van der Waals surface area contributed by atoms with E-state index in [2.05, 4.69) is 20.9 Å². The molecule has 3 aliphatic heterocycles. The van der Waals surface area contributed by atoms with Gasteiger partial charge in [-0.3, -0.25) is 9.88 Å². The maximum atomic E-state index is 16.7. The van der Waals surface area contributed by atoms with Crippen LogP contribution in [-0.2, 0) is 4.74 Å². The molecule has 4 atom stereocenters. The molecule has 0 bridgehead atoms. The summed E-state index contributed by atoms with van der Waals surface area (Å²) in [6.07, 6.45) is 5.61. The molecule has 8 rings (SSSR count). The molecular weight excluding hydrogens is 624 g/mol. The number of ether oxygens (including phenoxy) is 2. The molecule has 0 amide bonds. The quantitative estimate of drug-likeness (QED) is 0.189. The van der Waals surface area contributed by atoms with E-state index in [4.69, 9.17) is 15.9 Å². The van der Waals surface area contributed by atoms with Gasteiger partial charge < -0.3 is 14.4 Å². The summed E-state index contributed by atoms with van der Waals surface area (Å²) in [7, 11) is 0. The Hall–Kier alpha value is -4.41.